The van der Waals surface area contributed by atoms with Gasteiger partial charge in [0.1, 0.15) is 11.3 Å². The second-order valence-electron chi connectivity index (χ2n) is 8.73. The molecule has 3 aromatic rings. The van der Waals surface area contributed by atoms with Gasteiger partial charge < -0.3 is 4.74 Å². The Balaban J connectivity index is 1.86. The maximum atomic E-state index is 14.2. The van der Waals surface area contributed by atoms with Crippen LogP contribution in [0.1, 0.15) is 42.9 Å². The number of nitrogens with zero attached hydrogens (tertiary/aromatic N) is 3. The molecule has 0 aliphatic carbocycles. The fourth-order valence-corrected chi connectivity index (χ4v) is 5.77. The number of fused-ring (bicyclic) bond motifs is 1. The van der Waals surface area contributed by atoms with E-state index in [9.17, 15) is 22.2 Å². The van der Waals surface area contributed by atoms with Gasteiger partial charge >= 0.3 is 6.18 Å². The van der Waals surface area contributed by atoms with Crippen molar-refractivity contribution in [3.8, 4) is 5.75 Å². The highest BCUT2D eigenvalue weighted by Gasteiger charge is 2.37. The summed E-state index contributed by atoms with van der Waals surface area (Å²) in [7, 11) is -0.0212. The van der Waals surface area contributed by atoms with Crippen LogP contribution >= 0.6 is 11.6 Å². The molecule has 1 aromatic heterocycles. The normalized spacial score (nSPS) is 15.8. The molecule has 0 radical (unpaired) electrons. The lowest BCUT2D eigenvalue weighted by molar-refractivity contribution is -0.138. The number of ether oxygens (including phenoxy) is 1. The van der Waals surface area contributed by atoms with Crippen LogP contribution in [-0.2, 0) is 30.1 Å². The van der Waals surface area contributed by atoms with Gasteiger partial charge in [0.05, 0.1) is 41.7 Å². The summed E-state index contributed by atoms with van der Waals surface area (Å²) in [5.74, 6) is 0.330. The molecule has 6 nitrogen and oxygen atoms in total. The van der Waals surface area contributed by atoms with E-state index in [1.165, 1.54) is 18.0 Å². The number of methoxy groups -OCH3 is 1. The summed E-state index contributed by atoms with van der Waals surface area (Å²) in [5.41, 5.74) is -0.941. The second-order valence-corrected chi connectivity index (χ2v) is 10.9. The predicted molar refractivity (Wildman–Crippen MR) is 134 cm³/mol. The molecule has 0 amide bonds. The van der Waals surface area contributed by atoms with Crippen molar-refractivity contribution in [1.82, 2.24) is 14.5 Å². The van der Waals surface area contributed by atoms with Gasteiger partial charge in [0.15, 0.2) is 0 Å². The largest absolute Gasteiger partial charge is 0.494 e. The number of rotatable bonds is 7. The van der Waals surface area contributed by atoms with Crippen molar-refractivity contribution >= 4 is 33.3 Å². The van der Waals surface area contributed by atoms with Crippen molar-refractivity contribution in [1.29, 1.82) is 0 Å². The molecule has 1 aliphatic rings. The average molecular weight is 542 g/mol. The number of halogens is 4. The molecule has 2 heterocycles. The Hall–Kier alpha value is -2.43. The predicted octanol–water partition coefficient (Wildman–Crippen LogP) is 5.24. The van der Waals surface area contributed by atoms with Gasteiger partial charge in [-0.15, -0.1) is 0 Å². The number of alkyl halides is 3. The van der Waals surface area contributed by atoms with Crippen LogP contribution < -0.4 is 10.3 Å². The molecule has 194 valence electrons. The SMILES string of the molecule is CCS(=O)c1ccc(Cl)cc1Cn1cnc2c(OC)c(CN3CCCCC3)c(C(F)(F)F)cc2c1=O. The number of benzene rings is 2. The highest BCUT2D eigenvalue weighted by molar-refractivity contribution is 7.85. The van der Waals surface area contributed by atoms with E-state index in [0.29, 0.717) is 34.3 Å². The number of hydrogen-bond acceptors (Lipinski definition) is 5. The molecular weight excluding hydrogens is 515 g/mol. The van der Waals surface area contributed by atoms with Crippen LogP contribution in [0, 0.1) is 0 Å². The van der Waals surface area contributed by atoms with Crippen LogP contribution in [0.5, 0.6) is 5.75 Å². The van der Waals surface area contributed by atoms with Crippen molar-refractivity contribution in [2.45, 2.75) is 50.3 Å². The molecular formula is C25H27ClF3N3O3S. The van der Waals surface area contributed by atoms with E-state index in [1.54, 1.807) is 25.1 Å². The van der Waals surface area contributed by atoms with E-state index in [4.69, 9.17) is 16.3 Å². The zero-order valence-corrected chi connectivity index (χ0v) is 21.6. The first-order chi connectivity index (χ1) is 17.1. The molecule has 1 saturated heterocycles. The molecule has 1 unspecified atom stereocenters. The monoisotopic (exact) mass is 541 g/mol. The summed E-state index contributed by atoms with van der Waals surface area (Å²) in [6.07, 6.45) is -0.496. The van der Waals surface area contributed by atoms with Crippen molar-refractivity contribution in [3.05, 3.63) is 62.7 Å². The first-order valence-corrected chi connectivity index (χ1v) is 13.4. The van der Waals surface area contributed by atoms with E-state index >= 15 is 0 Å². The van der Waals surface area contributed by atoms with Crippen LogP contribution in [0.2, 0.25) is 5.02 Å². The summed E-state index contributed by atoms with van der Waals surface area (Å²) >= 11 is 6.13. The maximum Gasteiger partial charge on any atom is 0.416 e. The Kier molecular flexibility index (Phi) is 8.06. The Labute approximate surface area is 214 Å². The van der Waals surface area contributed by atoms with Crippen molar-refractivity contribution in [3.63, 3.8) is 0 Å². The van der Waals surface area contributed by atoms with Gasteiger partial charge in [-0.2, -0.15) is 13.2 Å². The van der Waals surface area contributed by atoms with Crippen LogP contribution in [0.15, 0.2) is 40.3 Å². The lowest BCUT2D eigenvalue weighted by Crippen LogP contribution is -2.30. The van der Waals surface area contributed by atoms with Crippen LogP contribution in [0.4, 0.5) is 13.2 Å². The Morgan fingerprint density at radius 1 is 1.14 bits per heavy atom. The van der Waals surface area contributed by atoms with Gasteiger partial charge in [-0.1, -0.05) is 24.9 Å². The van der Waals surface area contributed by atoms with Crippen molar-refractivity contribution in [2.24, 2.45) is 0 Å². The van der Waals surface area contributed by atoms with E-state index < -0.39 is 28.1 Å². The smallest absolute Gasteiger partial charge is 0.416 e. The minimum Gasteiger partial charge on any atom is -0.494 e. The minimum atomic E-state index is -4.68. The van der Waals surface area contributed by atoms with E-state index in [-0.39, 0.29) is 35.3 Å². The Morgan fingerprint density at radius 3 is 2.50 bits per heavy atom. The van der Waals surface area contributed by atoms with E-state index in [1.807, 2.05) is 4.90 Å². The number of likely N-dealkylation sites (tertiary alicyclic amines) is 1. The van der Waals surface area contributed by atoms with Crippen LogP contribution in [-0.4, -0.2) is 44.6 Å². The van der Waals surface area contributed by atoms with Crippen molar-refractivity contribution in [2.75, 3.05) is 26.0 Å². The molecule has 36 heavy (non-hydrogen) atoms. The molecule has 0 spiro atoms. The fourth-order valence-electron chi connectivity index (χ4n) is 4.63. The highest BCUT2D eigenvalue weighted by atomic mass is 35.5. The summed E-state index contributed by atoms with van der Waals surface area (Å²) in [6, 6.07) is 5.73. The molecule has 11 heteroatoms. The third-order valence-electron chi connectivity index (χ3n) is 6.39. The zero-order valence-electron chi connectivity index (χ0n) is 20.0. The molecule has 0 N–H and O–H groups in total. The molecule has 1 aliphatic heterocycles. The zero-order chi connectivity index (χ0) is 26.0. The van der Waals surface area contributed by atoms with E-state index in [2.05, 4.69) is 4.98 Å². The number of aromatic nitrogens is 2. The molecule has 2 aromatic carbocycles. The Bertz CT molecular complexity index is 1350. The highest BCUT2D eigenvalue weighted by Crippen LogP contribution is 2.40. The van der Waals surface area contributed by atoms with Gasteiger partial charge in [0.2, 0.25) is 0 Å². The second kappa shape index (κ2) is 10.9. The molecule has 1 fully saturated rings. The number of piperidine rings is 1. The quantitative estimate of drug-likeness (QED) is 0.409. The first-order valence-electron chi connectivity index (χ1n) is 11.7. The van der Waals surface area contributed by atoms with Crippen LogP contribution in [0.3, 0.4) is 0 Å². The topological polar surface area (TPSA) is 64.4 Å². The molecule has 0 saturated carbocycles. The lowest BCUT2D eigenvalue weighted by atomic mass is 10.0. The minimum absolute atomic E-state index is 0.0143. The van der Waals surface area contributed by atoms with Gasteiger partial charge in [0, 0.05) is 27.8 Å². The van der Waals surface area contributed by atoms with Gasteiger partial charge in [-0.05, 0) is 55.8 Å². The average Bonchev–Trinajstić information content (AvgIpc) is 2.85. The third-order valence-corrected chi connectivity index (χ3v) is 8.03. The standard InChI is InChI=1S/C25H27ClF3N3O3S/c1-3-36(34)21-8-7-17(26)11-16(21)13-32-15-30-22-18(24(32)33)12-20(25(27,28)29)19(23(22)35-2)14-31-9-5-4-6-10-31/h7-8,11-12,15H,3-6,9-10,13-14H2,1-2H3. The molecule has 0 bridgehead atoms. The summed E-state index contributed by atoms with van der Waals surface area (Å²) in [4.78, 5) is 20.2. The third kappa shape index (κ3) is 5.45. The maximum absolute atomic E-state index is 14.2. The summed E-state index contributed by atoms with van der Waals surface area (Å²) in [6.45, 7) is 3.20. The van der Waals surface area contributed by atoms with Crippen LogP contribution in [0.25, 0.3) is 10.9 Å². The van der Waals surface area contributed by atoms with Gasteiger partial charge in [-0.3, -0.25) is 18.5 Å². The summed E-state index contributed by atoms with van der Waals surface area (Å²) in [5, 5.41) is 0.205. The fraction of sp³-hybridized carbons (Fsp3) is 0.440. The molecule has 1 atom stereocenters. The first kappa shape index (κ1) is 26.6. The Morgan fingerprint density at radius 2 is 1.86 bits per heavy atom. The van der Waals surface area contributed by atoms with Gasteiger partial charge in [0.25, 0.3) is 5.56 Å². The molecule has 4 rings (SSSR count). The van der Waals surface area contributed by atoms with Gasteiger partial charge in [-0.25, -0.2) is 4.98 Å². The number of hydrogen-bond donors (Lipinski definition) is 0. The van der Waals surface area contributed by atoms with Crippen molar-refractivity contribution < 1.29 is 22.1 Å². The lowest BCUT2D eigenvalue weighted by Gasteiger charge is -2.28. The summed E-state index contributed by atoms with van der Waals surface area (Å²) < 4.78 is 61.7. The van der Waals surface area contributed by atoms with E-state index in [0.717, 1.165) is 25.3 Å².